The van der Waals surface area contributed by atoms with E-state index in [1.54, 1.807) is 0 Å². The summed E-state index contributed by atoms with van der Waals surface area (Å²) in [5.74, 6) is -10.2. The van der Waals surface area contributed by atoms with Crippen LogP contribution in [0.4, 0.5) is 0 Å². The third-order valence-corrected chi connectivity index (χ3v) is 6.03. The number of carboxylic acid groups (broad SMARTS) is 3. The maximum atomic E-state index is 12.0. The summed E-state index contributed by atoms with van der Waals surface area (Å²) < 4.78 is 20.9. The van der Waals surface area contributed by atoms with Crippen molar-refractivity contribution in [3.63, 3.8) is 0 Å². The summed E-state index contributed by atoms with van der Waals surface area (Å²) in [6.45, 7) is -2.43. The van der Waals surface area contributed by atoms with Crippen molar-refractivity contribution in [3.8, 4) is 0 Å². The van der Waals surface area contributed by atoms with Crippen molar-refractivity contribution in [3.05, 3.63) is 12.2 Å². The van der Waals surface area contributed by atoms with E-state index in [1.165, 1.54) is 0 Å². The summed E-state index contributed by atoms with van der Waals surface area (Å²) in [4.78, 5) is 34.4. The fourth-order valence-corrected chi connectivity index (χ4v) is 4.00. The maximum absolute atomic E-state index is 12.0. The summed E-state index contributed by atoms with van der Waals surface area (Å²) in [6.07, 6.45) is -14.8. The standard InChI is InChI=1S/C21H32O17/c22-7-11(25)16-14(29)10(24)6-21(37-16,19(33)34)36-8-12(26)17-15(30)9(23)5-20(38-17,18(31)32)35-4-2-1-3-13(27)28/h1,3,9-12,14-17,22-26,29-30H,2,4-8H2,(H,27,28)(H,31,32)(H,33,34)/b3-1+/t9-,10-,11-,12-,14-,15-,16-,17-,20-,21-/m1/s1. The number of hydrogen-bond donors (Lipinski definition) is 10. The molecule has 10 N–H and O–H groups in total. The van der Waals surface area contributed by atoms with E-state index in [2.05, 4.69) is 0 Å². The molecule has 0 unspecified atom stereocenters. The van der Waals surface area contributed by atoms with Crippen molar-refractivity contribution in [1.82, 2.24) is 0 Å². The summed E-state index contributed by atoms with van der Waals surface area (Å²) >= 11 is 0. The highest BCUT2D eigenvalue weighted by Crippen LogP contribution is 2.35. The van der Waals surface area contributed by atoms with Crippen LogP contribution in [0, 0.1) is 0 Å². The van der Waals surface area contributed by atoms with E-state index < -0.39 is 111 Å². The Morgan fingerprint density at radius 1 is 0.842 bits per heavy atom. The Hall–Kier alpha value is -2.29. The summed E-state index contributed by atoms with van der Waals surface area (Å²) in [5.41, 5.74) is 0. The Morgan fingerprint density at radius 2 is 1.32 bits per heavy atom. The first kappa shape index (κ1) is 31.9. The van der Waals surface area contributed by atoms with Gasteiger partial charge in [-0.15, -0.1) is 0 Å². The van der Waals surface area contributed by atoms with Crippen molar-refractivity contribution >= 4 is 17.9 Å². The number of hydrogen-bond acceptors (Lipinski definition) is 14. The van der Waals surface area contributed by atoms with Crippen LogP contribution >= 0.6 is 0 Å². The molecule has 218 valence electrons. The van der Waals surface area contributed by atoms with Crippen LogP contribution in [0.25, 0.3) is 0 Å². The van der Waals surface area contributed by atoms with Gasteiger partial charge in [0.1, 0.15) is 36.6 Å². The van der Waals surface area contributed by atoms with E-state index >= 15 is 0 Å². The number of aliphatic hydroxyl groups excluding tert-OH is 7. The molecule has 0 amide bonds. The highest BCUT2D eigenvalue weighted by Gasteiger charge is 2.57. The predicted molar refractivity (Wildman–Crippen MR) is 116 cm³/mol. The molecule has 2 aliphatic rings. The van der Waals surface area contributed by atoms with Gasteiger partial charge in [0.05, 0.1) is 32.0 Å². The van der Waals surface area contributed by atoms with Crippen molar-refractivity contribution in [2.45, 2.75) is 79.7 Å². The normalized spacial score (nSPS) is 37.6. The molecule has 2 rings (SSSR count). The molecule has 2 heterocycles. The molecule has 0 aliphatic carbocycles. The van der Waals surface area contributed by atoms with Crippen LogP contribution in [0.2, 0.25) is 0 Å². The Bertz CT molecular complexity index is 865. The molecule has 0 aromatic carbocycles. The van der Waals surface area contributed by atoms with Crippen molar-refractivity contribution in [1.29, 1.82) is 0 Å². The zero-order valence-electron chi connectivity index (χ0n) is 19.8. The quantitative estimate of drug-likeness (QED) is 0.0753. The number of rotatable bonds is 13. The molecule has 0 aromatic heterocycles. The summed E-state index contributed by atoms with van der Waals surface area (Å²) in [7, 11) is 0. The van der Waals surface area contributed by atoms with Gasteiger partial charge in [0.15, 0.2) is 0 Å². The summed E-state index contributed by atoms with van der Waals surface area (Å²) in [6, 6.07) is 0. The number of aliphatic hydroxyl groups is 7. The molecule has 10 atom stereocenters. The van der Waals surface area contributed by atoms with Gasteiger partial charge < -0.3 is 70.0 Å². The van der Waals surface area contributed by atoms with Crippen LogP contribution < -0.4 is 0 Å². The van der Waals surface area contributed by atoms with E-state index in [1.807, 2.05) is 0 Å². The van der Waals surface area contributed by atoms with E-state index in [4.69, 9.17) is 29.2 Å². The van der Waals surface area contributed by atoms with Crippen molar-refractivity contribution in [2.24, 2.45) is 0 Å². The molecular formula is C21H32O17. The smallest absolute Gasteiger partial charge is 0.364 e. The first-order valence-electron chi connectivity index (χ1n) is 11.4. The highest BCUT2D eigenvalue weighted by molar-refractivity contribution is 5.79. The van der Waals surface area contributed by atoms with Gasteiger partial charge >= 0.3 is 17.9 Å². The Kier molecular flexibility index (Phi) is 11.1. The first-order valence-corrected chi connectivity index (χ1v) is 11.4. The average molecular weight is 556 g/mol. The summed E-state index contributed by atoms with van der Waals surface area (Å²) in [5, 5.41) is 98.3. The van der Waals surface area contributed by atoms with Gasteiger partial charge in [0, 0.05) is 18.9 Å². The minimum atomic E-state index is -2.77. The minimum Gasteiger partial charge on any atom is -0.478 e. The fourth-order valence-electron chi connectivity index (χ4n) is 4.00. The van der Waals surface area contributed by atoms with Gasteiger partial charge in [-0.1, -0.05) is 6.08 Å². The molecule has 0 saturated carbocycles. The van der Waals surface area contributed by atoms with E-state index in [0.29, 0.717) is 0 Å². The van der Waals surface area contributed by atoms with Crippen LogP contribution in [-0.4, -0.2) is 149 Å². The minimum absolute atomic E-state index is 0.0762. The molecule has 0 spiro atoms. The molecule has 17 nitrogen and oxygen atoms in total. The van der Waals surface area contributed by atoms with Crippen LogP contribution in [0.1, 0.15) is 19.3 Å². The largest absolute Gasteiger partial charge is 0.478 e. The number of aliphatic carboxylic acids is 3. The molecule has 0 bridgehead atoms. The van der Waals surface area contributed by atoms with Gasteiger partial charge in [0.2, 0.25) is 0 Å². The zero-order valence-corrected chi connectivity index (χ0v) is 19.8. The fraction of sp³-hybridized carbons (Fsp3) is 0.762. The second kappa shape index (κ2) is 13.2. The molecule has 17 heteroatoms. The van der Waals surface area contributed by atoms with E-state index in [9.17, 15) is 55.2 Å². The van der Waals surface area contributed by atoms with E-state index in [0.717, 1.165) is 12.2 Å². The average Bonchev–Trinajstić information content (AvgIpc) is 2.85. The maximum Gasteiger partial charge on any atom is 0.364 e. The zero-order chi connectivity index (χ0) is 28.8. The van der Waals surface area contributed by atoms with Gasteiger partial charge in [-0.3, -0.25) is 0 Å². The lowest BCUT2D eigenvalue weighted by atomic mass is 9.91. The molecule has 0 radical (unpaired) electrons. The van der Waals surface area contributed by atoms with Crippen molar-refractivity contribution in [2.75, 3.05) is 19.8 Å². The molecule has 38 heavy (non-hydrogen) atoms. The SMILES string of the molecule is O=C(O)/C=C/CCO[C@]1(C(=O)O)C[C@@H](O)[C@@H](O)[C@@H]([C@H](O)CO[C@]2(C(=O)O)C[C@@H](O)[C@@H](O)[C@@H]([C@H](O)CO)O2)O1. The van der Waals surface area contributed by atoms with E-state index in [-0.39, 0.29) is 6.42 Å². The van der Waals surface area contributed by atoms with Gasteiger partial charge in [-0.05, 0) is 6.42 Å². The molecule has 0 aromatic rings. The van der Waals surface area contributed by atoms with Crippen molar-refractivity contribution < 1.29 is 84.4 Å². The number of carbonyl (C=O) groups is 3. The highest BCUT2D eigenvalue weighted by atomic mass is 16.7. The predicted octanol–water partition coefficient (Wildman–Crippen LogP) is -4.65. The molecule has 2 saturated heterocycles. The van der Waals surface area contributed by atoms with Crippen LogP contribution in [0.3, 0.4) is 0 Å². The molecular weight excluding hydrogens is 524 g/mol. The van der Waals surface area contributed by atoms with Gasteiger partial charge in [-0.25, -0.2) is 14.4 Å². The lowest BCUT2D eigenvalue weighted by molar-refractivity contribution is -0.343. The second-order valence-electron chi connectivity index (χ2n) is 8.81. The third-order valence-electron chi connectivity index (χ3n) is 6.03. The van der Waals surface area contributed by atoms with Gasteiger partial charge in [-0.2, -0.15) is 0 Å². The molecule has 2 aliphatic heterocycles. The number of ether oxygens (including phenoxy) is 4. The number of carboxylic acids is 3. The monoisotopic (exact) mass is 556 g/mol. The second-order valence-corrected chi connectivity index (χ2v) is 8.81. The Balaban J connectivity index is 2.19. The topological polar surface area (TPSA) is 290 Å². The van der Waals surface area contributed by atoms with Crippen LogP contribution in [0.15, 0.2) is 12.2 Å². The van der Waals surface area contributed by atoms with Crippen LogP contribution in [0.5, 0.6) is 0 Å². The first-order chi connectivity index (χ1) is 17.7. The molecule has 2 fully saturated rings. The lowest BCUT2D eigenvalue weighted by Gasteiger charge is -2.46. The lowest BCUT2D eigenvalue weighted by Crippen LogP contribution is -2.65. The van der Waals surface area contributed by atoms with Crippen LogP contribution in [-0.2, 0) is 33.3 Å². The Labute approximate surface area is 214 Å². The van der Waals surface area contributed by atoms with Gasteiger partial charge in [0.25, 0.3) is 11.6 Å². The third kappa shape index (κ3) is 7.21. The Morgan fingerprint density at radius 3 is 1.76 bits per heavy atom.